The number of rotatable bonds is 3. The molecule has 0 aliphatic rings. The quantitative estimate of drug-likeness (QED) is 0.560. The highest BCUT2D eigenvalue weighted by atomic mass is 32.1. The fourth-order valence-corrected chi connectivity index (χ4v) is 2.07. The number of thiophene rings is 2. The Balaban J connectivity index is 1.94. The van der Waals surface area contributed by atoms with Crippen molar-refractivity contribution >= 4 is 35.1 Å². The minimum absolute atomic E-state index is 1.12. The summed E-state index contributed by atoms with van der Waals surface area (Å²) in [6, 6.07) is 8.01. The lowest BCUT2D eigenvalue weighted by atomic mass is 10.5. The van der Waals surface area contributed by atoms with E-state index in [1.807, 2.05) is 35.0 Å². The highest BCUT2D eigenvalue weighted by Crippen LogP contribution is 2.06. The highest BCUT2D eigenvalue weighted by Gasteiger charge is 1.86. The van der Waals surface area contributed by atoms with Gasteiger partial charge in [0, 0.05) is 9.75 Å². The van der Waals surface area contributed by atoms with E-state index in [-0.39, 0.29) is 0 Å². The standard InChI is InChI=1S/C10H8N2S2/c1-3-9(13-5-1)7-11-12-8-10-4-2-6-14-10/h1-8H. The summed E-state index contributed by atoms with van der Waals surface area (Å²) in [5.74, 6) is 0. The van der Waals surface area contributed by atoms with Crippen LogP contribution in [0.1, 0.15) is 9.75 Å². The molecule has 0 atom stereocenters. The smallest absolute Gasteiger partial charge is 0.0667 e. The van der Waals surface area contributed by atoms with E-state index in [2.05, 4.69) is 10.2 Å². The Labute approximate surface area is 90.3 Å². The van der Waals surface area contributed by atoms with Gasteiger partial charge in [-0.15, -0.1) is 22.7 Å². The van der Waals surface area contributed by atoms with Crippen LogP contribution in [0.5, 0.6) is 0 Å². The third-order valence-corrected chi connectivity index (χ3v) is 3.14. The zero-order valence-corrected chi connectivity index (χ0v) is 8.96. The van der Waals surface area contributed by atoms with E-state index < -0.39 is 0 Å². The van der Waals surface area contributed by atoms with Crippen molar-refractivity contribution in [1.29, 1.82) is 0 Å². The summed E-state index contributed by atoms with van der Waals surface area (Å²) >= 11 is 3.30. The van der Waals surface area contributed by atoms with E-state index in [1.165, 1.54) is 0 Å². The van der Waals surface area contributed by atoms with Crippen molar-refractivity contribution in [3.63, 3.8) is 0 Å². The maximum atomic E-state index is 3.95. The molecule has 0 aliphatic carbocycles. The third kappa shape index (κ3) is 2.61. The first kappa shape index (κ1) is 9.30. The predicted octanol–water partition coefficient (Wildman–Crippen LogP) is 3.26. The summed E-state index contributed by atoms with van der Waals surface area (Å²) in [6.45, 7) is 0. The van der Waals surface area contributed by atoms with Gasteiger partial charge >= 0.3 is 0 Å². The summed E-state index contributed by atoms with van der Waals surface area (Å²) in [4.78, 5) is 2.24. The van der Waals surface area contributed by atoms with Gasteiger partial charge in [-0.2, -0.15) is 10.2 Å². The van der Waals surface area contributed by atoms with Crippen molar-refractivity contribution in [2.75, 3.05) is 0 Å². The van der Waals surface area contributed by atoms with E-state index in [0.29, 0.717) is 0 Å². The topological polar surface area (TPSA) is 24.7 Å². The van der Waals surface area contributed by atoms with Crippen molar-refractivity contribution in [2.45, 2.75) is 0 Å². The number of hydrogen-bond donors (Lipinski definition) is 0. The molecule has 0 amide bonds. The Morgan fingerprint density at radius 2 is 1.36 bits per heavy atom. The van der Waals surface area contributed by atoms with Crippen LogP contribution >= 0.6 is 22.7 Å². The van der Waals surface area contributed by atoms with E-state index in [1.54, 1.807) is 35.1 Å². The van der Waals surface area contributed by atoms with Gasteiger partial charge in [0.05, 0.1) is 12.4 Å². The summed E-state index contributed by atoms with van der Waals surface area (Å²) in [5.41, 5.74) is 0. The molecular weight excluding hydrogens is 212 g/mol. The average Bonchev–Trinajstić information content (AvgIpc) is 2.86. The van der Waals surface area contributed by atoms with Crippen LogP contribution in [0.25, 0.3) is 0 Å². The molecule has 0 saturated heterocycles. The minimum atomic E-state index is 1.12. The lowest BCUT2D eigenvalue weighted by Gasteiger charge is -1.80. The first-order chi connectivity index (χ1) is 6.95. The van der Waals surface area contributed by atoms with E-state index >= 15 is 0 Å². The second-order valence-corrected chi connectivity index (χ2v) is 4.48. The highest BCUT2D eigenvalue weighted by molar-refractivity contribution is 7.12. The molecule has 0 unspecified atom stereocenters. The molecule has 0 saturated carbocycles. The zero-order chi connectivity index (χ0) is 9.64. The molecule has 0 fully saturated rings. The maximum Gasteiger partial charge on any atom is 0.0667 e. The molecular formula is C10H8N2S2. The summed E-state index contributed by atoms with van der Waals surface area (Å²) < 4.78 is 0. The average molecular weight is 220 g/mol. The molecule has 0 bridgehead atoms. The van der Waals surface area contributed by atoms with Gasteiger partial charge in [-0.05, 0) is 22.9 Å². The van der Waals surface area contributed by atoms with Gasteiger partial charge in [-0.3, -0.25) is 0 Å². The van der Waals surface area contributed by atoms with Gasteiger partial charge in [0.2, 0.25) is 0 Å². The molecule has 4 heteroatoms. The van der Waals surface area contributed by atoms with Gasteiger partial charge in [0.1, 0.15) is 0 Å². The Morgan fingerprint density at radius 1 is 0.857 bits per heavy atom. The first-order valence-electron chi connectivity index (χ1n) is 4.08. The summed E-state index contributed by atoms with van der Waals surface area (Å²) in [6.07, 6.45) is 3.52. The predicted molar refractivity (Wildman–Crippen MR) is 63.8 cm³/mol. The van der Waals surface area contributed by atoms with Gasteiger partial charge < -0.3 is 0 Å². The van der Waals surface area contributed by atoms with Gasteiger partial charge in [0.15, 0.2) is 0 Å². The molecule has 2 aromatic heterocycles. The fourth-order valence-electron chi connectivity index (χ4n) is 0.910. The van der Waals surface area contributed by atoms with Crippen LogP contribution in [-0.2, 0) is 0 Å². The lowest BCUT2D eigenvalue weighted by molar-refractivity contribution is 1.27. The molecule has 2 nitrogen and oxygen atoms in total. The van der Waals surface area contributed by atoms with Gasteiger partial charge in [-0.25, -0.2) is 0 Å². The van der Waals surface area contributed by atoms with Crippen LogP contribution in [0, 0.1) is 0 Å². The molecule has 0 spiro atoms. The minimum Gasteiger partial charge on any atom is -0.158 e. The maximum absolute atomic E-state index is 3.95. The molecule has 70 valence electrons. The first-order valence-corrected chi connectivity index (χ1v) is 5.84. The van der Waals surface area contributed by atoms with Crippen LogP contribution in [0.15, 0.2) is 45.2 Å². The molecule has 0 radical (unpaired) electrons. The van der Waals surface area contributed by atoms with E-state index in [0.717, 1.165) is 9.75 Å². The van der Waals surface area contributed by atoms with Crippen LogP contribution in [0.4, 0.5) is 0 Å². The van der Waals surface area contributed by atoms with Crippen molar-refractivity contribution in [3.05, 3.63) is 44.8 Å². The Kier molecular flexibility index (Phi) is 3.21. The molecule has 0 aromatic carbocycles. The molecule has 0 aliphatic heterocycles. The molecule has 2 aromatic rings. The van der Waals surface area contributed by atoms with Crippen molar-refractivity contribution < 1.29 is 0 Å². The van der Waals surface area contributed by atoms with Crippen molar-refractivity contribution in [1.82, 2.24) is 0 Å². The van der Waals surface area contributed by atoms with Crippen molar-refractivity contribution in [2.24, 2.45) is 10.2 Å². The van der Waals surface area contributed by atoms with Crippen molar-refractivity contribution in [3.8, 4) is 0 Å². The normalized spacial score (nSPS) is 11.7. The van der Waals surface area contributed by atoms with Gasteiger partial charge in [0.25, 0.3) is 0 Å². The monoisotopic (exact) mass is 220 g/mol. The van der Waals surface area contributed by atoms with E-state index in [4.69, 9.17) is 0 Å². The van der Waals surface area contributed by atoms with Gasteiger partial charge in [-0.1, -0.05) is 12.1 Å². The fraction of sp³-hybridized carbons (Fsp3) is 0. The second kappa shape index (κ2) is 4.83. The Bertz CT molecular complexity index is 371. The zero-order valence-electron chi connectivity index (χ0n) is 7.33. The summed E-state index contributed by atoms with van der Waals surface area (Å²) in [7, 11) is 0. The molecule has 2 heterocycles. The SMILES string of the molecule is C(=NN=Cc1cccs1)c1cccs1. The van der Waals surface area contributed by atoms with Crippen LogP contribution < -0.4 is 0 Å². The molecule has 2 rings (SSSR count). The summed E-state index contributed by atoms with van der Waals surface area (Å²) in [5, 5.41) is 11.9. The lowest BCUT2D eigenvalue weighted by Crippen LogP contribution is -1.72. The van der Waals surface area contributed by atoms with Crippen LogP contribution in [0.3, 0.4) is 0 Å². The second-order valence-electron chi connectivity index (χ2n) is 2.52. The largest absolute Gasteiger partial charge is 0.158 e. The number of hydrogen-bond acceptors (Lipinski definition) is 4. The Morgan fingerprint density at radius 3 is 1.71 bits per heavy atom. The molecule has 14 heavy (non-hydrogen) atoms. The number of nitrogens with zero attached hydrogens (tertiary/aromatic N) is 2. The van der Waals surface area contributed by atoms with E-state index in [9.17, 15) is 0 Å². The Hall–Kier alpha value is -1.26. The third-order valence-electron chi connectivity index (χ3n) is 1.52. The van der Waals surface area contributed by atoms with Crippen LogP contribution in [-0.4, -0.2) is 12.4 Å². The molecule has 0 N–H and O–H groups in total. The van der Waals surface area contributed by atoms with Crippen LogP contribution in [0.2, 0.25) is 0 Å².